The zero-order valence-electron chi connectivity index (χ0n) is 17.3. The number of hydrogen-bond donors (Lipinski definition) is 2. The van der Waals surface area contributed by atoms with E-state index >= 15 is 0 Å². The Kier molecular flexibility index (Phi) is 5.18. The van der Waals surface area contributed by atoms with Crippen LogP contribution in [0, 0.1) is 11.6 Å². The molecule has 0 spiro atoms. The van der Waals surface area contributed by atoms with Crippen molar-refractivity contribution in [3.8, 4) is 0 Å². The van der Waals surface area contributed by atoms with Crippen molar-refractivity contribution in [1.82, 2.24) is 19.9 Å². The number of nitrogens with one attached hydrogen (secondary N) is 1. The number of nitrogens with two attached hydrogens (primary N) is 1. The van der Waals surface area contributed by atoms with Gasteiger partial charge in [-0.2, -0.15) is 0 Å². The fourth-order valence-electron chi connectivity index (χ4n) is 4.24. The largest absolute Gasteiger partial charge is 0.366 e. The molecule has 9 heteroatoms. The number of carbonyl (C=O) groups is 1. The normalized spacial score (nSPS) is 15.0. The van der Waals surface area contributed by atoms with E-state index in [1.54, 1.807) is 18.2 Å². The van der Waals surface area contributed by atoms with Gasteiger partial charge in [-0.1, -0.05) is 6.07 Å². The molecule has 1 fully saturated rings. The third kappa shape index (κ3) is 3.75. The Balaban J connectivity index is 1.31. The molecule has 0 saturated carbocycles. The first-order valence-corrected chi connectivity index (χ1v) is 10.5. The minimum absolute atomic E-state index is 0.438. The number of primary amides is 1. The van der Waals surface area contributed by atoms with Gasteiger partial charge in [0.05, 0.1) is 0 Å². The van der Waals surface area contributed by atoms with E-state index in [0.717, 1.165) is 66.0 Å². The molecule has 0 unspecified atom stereocenters. The van der Waals surface area contributed by atoms with E-state index in [0.29, 0.717) is 12.0 Å². The summed E-state index contributed by atoms with van der Waals surface area (Å²) >= 11 is 0. The van der Waals surface area contributed by atoms with E-state index in [1.165, 1.54) is 18.5 Å². The van der Waals surface area contributed by atoms with Crippen molar-refractivity contribution in [2.45, 2.75) is 6.42 Å². The predicted molar refractivity (Wildman–Crippen MR) is 119 cm³/mol. The molecule has 1 saturated heterocycles. The van der Waals surface area contributed by atoms with Crippen molar-refractivity contribution < 1.29 is 13.6 Å². The monoisotopic (exact) mass is 436 g/mol. The summed E-state index contributed by atoms with van der Waals surface area (Å²) in [5, 5.41) is 0.838. The molecule has 1 aliphatic rings. The van der Waals surface area contributed by atoms with E-state index in [1.807, 2.05) is 6.07 Å². The van der Waals surface area contributed by atoms with Gasteiger partial charge in [0.15, 0.2) is 17.5 Å². The fraction of sp³-hybridized carbons (Fsp3) is 0.261. The number of H-pyrrole nitrogens is 1. The number of carbonyl (C=O) groups excluding carboxylic acids is 1. The summed E-state index contributed by atoms with van der Waals surface area (Å²) in [5.41, 5.74) is 9.11. The lowest BCUT2D eigenvalue weighted by molar-refractivity contribution is 0.100. The number of amides is 1. The van der Waals surface area contributed by atoms with Gasteiger partial charge in [0.2, 0.25) is 5.91 Å². The summed E-state index contributed by atoms with van der Waals surface area (Å²) in [4.78, 5) is 28.4. The number of rotatable bonds is 5. The highest BCUT2D eigenvalue weighted by atomic mass is 19.2. The molecule has 0 bridgehead atoms. The van der Waals surface area contributed by atoms with Gasteiger partial charge in [0, 0.05) is 49.2 Å². The smallest absolute Gasteiger partial charge is 0.248 e. The number of fused-ring (bicyclic) bond motifs is 3. The SMILES string of the molecule is NC(=O)c1ccc2[nH]c3c(N4CCN(CCc5ccc(F)c(F)c5)CC4)ncnc3c2c1. The standard InChI is InChI=1S/C23H22F2N6O/c24-17-3-1-14(11-18(17)25)5-6-30-7-9-31(10-8-30)23-21-20(27-13-28-23)16-12-15(22(26)32)2-4-19(16)29-21/h1-4,11-13,29H,5-10H2,(H2,26,32). The van der Waals surface area contributed by atoms with Crippen LogP contribution in [0.15, 0.2) is 42.7 Å². The van der Waals surface area contributed by atoms with Crippen LogP contribution in [0.3, 0.4) is 0 Å². The Morgan fingerprint density at radius 1 is 1.03 bits per heavy atom. The molecule has 0 radical (unpaired) electrons. The topological polar surface area (TPSA) is 91.1 Å². The third-order valence-corrected chi connectivity index (χ3v) is 6.02. The Morgan fingerprint density at radius 3 is 2.59 bits per heavy atom. The van der Waals surface area contributed by atoms with Crippen molar-refractivity contribution in [2.24, 2.45) is 5.73 Å². The molecule has 1 aliphatic heterocycles. The molecule has 32 heavy (non-hydrogen) atoms. The van der Waals surface area contributed by atoms with E-state index in [9.17, 15) is 13.6 Å². The van der Waals surface area contributed by atoms with Crippen LogP contribution in [0.5, 0.6) is 0 Å². The van der Waals surface area contributed by atoms with Gasteiger partial charge in [-0.25, -0.2) is 18.7 Å². The minimum Gasteiger partial charge on any atom is -0.366 e. The van der Waals surface area contributed by atoms with Gasteiger partial charge in [-0.05, 0) is 42.3 Å². The Bertz CT molecular complexity index is 1310. The highest BCUT2D eigenvalue weighted by Gasteiger charge is 2.21. The molecular formula is C23H22F2N6O. The second-order valence-electron chi connectivity index (χ2n) is 8.00. The number of halogens is 2. The highest BCUT2D eigenvalue weighted by Crippen LogP contribution is 2.30. The van der Waals surface area contributed by atoms with E-state index in [-0.39, 0.29) is 0 Å². The molecule has 7 nitrogen and oxygen atoms in total. The summed E-state index contributed by atoms with van der Waals surface area (Å²) in [6.45, 7) is 4.01. The van der Waals surface area contributed by atoms with Crippen molar-refractivity contribution >= 4 is 33.7 Å². The summed E-state index contributed by atoms with van der Waals surface area (Å²) < 4.78 is 26.5. The maximum atomic E-state index is 13.4. The first kappa shape index (κ1) is 20.3. The number of nitrogens with zero attached hydrogens (tertiary/aromatic N) is 4. The number of piperazine rings is 1. The summed E-state index contributed by atoms with van der Waals surface area (Å²) in [6.07, 6.45) is 2.20. The Hall–Kier alpha value is -3.59. The van der Waals surface area contributed by atoms with Crippen LogP contribution in [0.25, 0.3) is 21.9 Å². The molecule has 3 N–H and O–H groups in total. The van der Waals surface area contributed by atoms with Crippen LogP contribution >= 0.6 is 0 Å². The zero-order chi connectivity index (χ0) is 22.2. The van der Waals surface area contributed by atoms with Gasteiger partial charge in [0.25, 0.3) is 0 Å². The Morgan fingerprint density at radius 2 is 1.84 bits per heavy atom. The fourth-order valence-corrected chi connectivity index (χ4v) is 4.24. The summed E-state index contributed by atoms with van der Waals surface area (Å²) in [5.74, 6) is -1.27. The second-order valence-corrected chi connectivity index (χ2v) is 8.00. The molecule has 5 rings (SSSR count). The Labute approximate surface area is 182 Å². The molecule has 0 aliphatic carbocycles. The summed E-state index contributed by atoms with van der Waals surface area (Å²) in [6, 6.07) is 9.35. The lowest BCUT2D eigenvalue weighted by Crippen LogP contribution is -2.47. The van der Waals surface area contributed by atoms with Crippen molar-refractivity contribution in [3.63, 3.8) is 0 Å². The lowest BCUT2D eigenvalue weighted by atomic mass is 10.1. The molecule has 1 amide bonds. The first-order chi connectivity index (χ1) is 15.5. The molecular weight excluding hydrogens is 414 g/mol. The van der Waals surface area contributed by atoms with E-state index in [4.69, 9.17) is 5.73 Å². The van der Waals surface area contributed by atoms with Crippen LogP contribution in [0.4, 0.5) is 14.6 Å². The molecule has 4 aromatic rings. The van der Waals surface area contributed by atoms with Crippen LogP contribution in [0.1, 0.15) is 15.9 Å². The van der Waals surface area contributed by atoms with Crippen molar-refractivity contribution in [2.75, 3.05) is 37.6 Å². The van der Waals surface area contributed by atoms with Crippen LogP contribution in [0.2, 0.25) is 0 Å². The number of hydrogen-bond acceptors (Lipinski definition) is 5. The number of aromatic amines is 1. The molecule has 164 valence electrons. The third-order valence-electron chi connectivity index (χ3n) is 6.02. The molecule has 2 aromatic heterocycles. The molecule has 0 atom stereocenters. The zero-order valence-corrected chi connectivity index (χ0v) is 17.3. The van der Waals surface area contributed by atoms with Gasteiger partial charge in [-0.3, -0.25) is 9.69 Å². The van der Waals surface area contributed by atoms with Crippen molar-refractivity contribution in [3.05, 3.63) is 65.5 Å². The second kappa shape index (κ2) is 8.16. The molecule has 2 aromatic carbocycles. The van der Waals surface area contributed by atoms with Gasteiger partial charge in [0.1, 0.15) is 17.4 Å². The lowest BCUT2D eigenvalue weighted by Gasteiger charge is -2.35. The highest BCUT2D eigenvalue weighted by molar-refractivity contribution is 6.10. The van der Waals surface area contributed by atoms with Gasteiger partial charge < -0.3 is 15.6 Å². The average molecular weight is 436 g/mol. The minimum atomic E-state index is -0.818. The van der Waals surface area contributed by atoms with Gasteiger partial charge >= 0.3 is 0 Å². The predicted octanol–water partition coefficient (Wildman–Crippen LogP) is 2.85. The van der Waals surface area contributed by atoms with E-state index in [2.05, 4.69) is 24.8 Å². The average Bonchev–Trinajstić information content (AvgIpc) is 3.18. The number of anilines is 1. The van der Waals surface area contributed by atoms with Crippen LogP contribution in [-0.4, -0.2) is 58.5 Å². The maximum absolute atomic E-state index is 13.4. The van der Waals surface area contributed by atoms with Crippen LogP contribution in [-0.2, 0) is 6.42 Å². The van der Waals surface area contributed by atoms with Crippen molar-refractivity contribution in [1.29, 1.82) is 0 Å². The number of benzene rings is 2. The maximum Gasteiger partial charge on any atom is 0.248 e. The summed E-state index contributed by atoms with van der Waals surface area (Å²) in [7, 11) is 0. The molecule has 3 heterocycles. The number of aromatic nitrogens is 3. The van der Waals surface area contributed by atoms with Crippen LogP contribution < -0.4 is 10.6 Å². The quantitative estimate of drug-likeness (QED) is 0.502. The van der Waals surface area contributed by atoms with E-state index < -0.39 is 17.5 Å². The van der Waals surface area contributed by atoms with Gasteiger partial charge in [-0.15, -0.1) is 0 Å². The first-order valence-electron chi connectivity index (χ1n) is 10.5.